The molecule has 0 radical (unpaired) electrons. The van der Waals surface area contributed by atoms with E-state index in [0.29, 0.717) is 5.69 Å². The van der Waals surface area contributed by atoms with Crippen molar-refractivity contribution in [2.45, 2.75) is 33.8 Å². The number of allylic oxidation sites excluding steroid dienone is 1. The second kappa shape index (κ2) is 6.73. The number of carbonyl (C=O) groups is 2. The first kappa shape index (κ1) is 16.9. The molecule has 4 heteroatoms. The largest absolute Gasteiger partial charge is 0.456 e. The number of hydrogen-bond donors (Lipinski definition) is 0. The van der Waals surface area contributed by atoms with E-state index in [1.807, 2.05) is 56.3 Å². The maximum Gasteiger partial charge on any atom is 0.303 e. The van der Waals surface area contributed by atoms with Crippen LogP contribution >= 0.6 is 0 Å². The van der Waals surface area contributed by atoms with Gasteiger partial charge in [0, 0.05) is 17.7 Å². The highest BCUT2D eigenvalue weighted by Gasteiger charge is 2.12. The number of nitrogens with zero attached hydrogens (tertiary/aromatic N) is 1. The van der Waals surface area contributed by atoms with Gasteiger partial charge >= 0.3 is 5.97 Å². The van der Waals surface area contributed by atoms with Crippen molar-refractivity contribution in [1.29, 1.82) is 0 Å². The van der Waals surface area contributed by atoms with Gasteiger partial charge in [0.25, 0.3) is 0 Å². The van der Waals surface area contributed by atoms with Crippen molar-refractivity contribution in [3.8, 4) is 0 Å². The van der Waals surface area contributed by atoms with Crippen LogP contribution < -0.4 is 0 Å². The van der Waals surface area contributed by atoms with Gasteiger partial charge in [-0.1, -0.05) is 30.4 Å². The molecule has 0 bridgehead atoms. The van der Waals surface area contributed by atoms with E-state index >= 15 is 0 Å². The molecule has 2 rings (SSSR count). The average molecular weight is 311 g/mol. The summed E-state index contributed by atoms with van der Waals surface area (Å²) in [5.74, 6) is -0.327. The number of hydrogen-bond acceptors (Lipinski definition) is 4. The van der Waals surface area contributed by atoms with Gasteiger partial charge in [-0.15, -0.1) is 0 Å². The van der Waals surface area contributed by atoms with Crippen molar-refractivity contribution in [2.75, 3.05) is 0 Å². The number of carbonyl (C=O) groups excluding carboxylic acids is 2. The molecular weight excluding hydrogens is 290 g/mol. The summed E-state index contributed by atoms with van der Waals surface area (Å²) in [6.07, 6.45) is 4.32. The van der Waals surface area contributed by atoms with Crippen LogP contribution in [0.3, 0.4) is 0 Å². The van der Waals surface area contributed by atoms with Crippen molar-refractivity contribution < 1.29 is 14.3 Å². The molecule has 2 aromatic rings. The summed E-state index contributed by atoms with van der Waals surface area (Å²) >= 11 is 0. The Balaban J connectivity index is 2.34. The third kappa shape index (κ3) is 4.49. The molecule has 0 amide bonds. The molecule has 1 atom stereocenters. The molecule has 0 spiro atoms. The van der Waals surface area contributed by atoms with Crippen LogP contribution in [0.25, 0.3) is 17.0 Å². The molecule has 0 unspecified atom stereocenters. The number of aromatic nitrogens is 1. The Labute approximate surface area is 136 Å². The lowest BCUT2D eigenvalue weighted by molar-refractivity contribution is -0.146. The number of pyridine rings is 1. The topological polar surface area (TPSA) is 56.3 Å². The fourth-order valence-electron chi connectivity index (χ4n) is 2.14. The van der Waals surface area contributed by atoms with Gasteiger partial charge in [0.05, 0.1) is 11.2 Å². The van der Waals surface area contributed by atoms with Gasteiger partial charge in [-0.3, -0.25) is 4.79 Å². The second-order valence-electron chi connectivity index (χ2n) is 6.21. The third-order valence-electron chi connectivity index (χ3n) is 3.51. The van der Waals surface area contributed by atoms with Crippen molar-refractivity contribution in [1.82, 2.24) is 4.98 Å². The summed E-state index contributed by atoms with van der Waals surface area (Å²) in [5, 5.41) is 1.01. The van der Waals surface area contributed by atoms with Crippen LogP contribution in [0.15, 0.2) is 36.4 Å². The zero-order valence-electron chi connectivity index (χ0n) is 13.9. The maximum atomic E-state index is 11.1. The summed E-state index contributed by atoms with van der Waals surface area (Å²) in [4.78, 5) is 26.6. The lowest BCUT2D eigenvalue weighted by Crippen LogP contribution is -2.07. The molecule has 0 fully saturated rings. The fourth-order valence-corrected chi connectivity index (χ4v) is 2.14. The summed E-state index contributed by atoms with van der Waals surface area (Å²) in [6, 6.07) is 9.74. The summed E-state index contributed by atoms with van der Waals surface area (Å²) in [6.45, 7) is 6.89. The van der Waals surface area contributed by atoms with Gasteiger partial charge in [0.2, 0.25) is 0 Å². The predicted octanol–water partition coefficient (Wildman–Crippen LogP) is 4.10. The highest BCUT2D eigenvalue weighted by Crippen LogP contribution is 2.22. The molecule has 120 valence electrons. The number of rotatable bonds is 5. The van der Waals surface area contributed by atoms with E-state index in [1.54, 1.807) is 6.92 Å². The second-order valence-corrected chi connectivity index (χ2v) is 6.21. The maximum absolute atomic E-state index is 11.1. The van der Waals surface area contributed by atoms with E-state index in [2.05, 4.69) is 4.98 Å². The molecule has 0 aliphatic carbocycles. The predicted molar refractivity (Wildman–Crippen MR) is 90.8 cm³/mol. The lowest BCUT2D eigenvalue weighted by atomic mass is 9.94. The fraction of sp³-hybridized carbons (Fsp3) is 0.316. The van der Waals surface area contributed by atoms with Crippen molar-refractivity contribution in [2.24, 2.45) is 5.41 Å². The first-order valence-electron chi connectivity index (χ1n) is 7.54. The van der Waals surface area contributed by atoms with Crippen LogP contribution in [-0.4, -0.2) is 17.2 Å². The van der Waals surface area contributed by atoms with Crippen molar-refractivity contribution in [3.63, 3.8) is 0 Å². The van der Waals surface area contributed by atoms with Crippen LogP contribution in [0.4, 0.5) is 0 Å². The number of ether oxygens (including phenoxy) is 1. The Morgan fingerprint density at radius 2 is 1.96 bits per heavy atom. The molecule has 0 aliphatic rings. The Morgan fingerprint density at radius 3 is 2.61 bits per heavy atom. The summed E-state index contributed by atoms with van der Waals surface area (Å²) < 4.78 is 5.17. The van der Waals surface area contributed by atoms with E-state index in [0.717, 1.165) is 22.8 Å². The van der Waals surface area contributed by atoms with Crippen molar-refractivity contribution in [3.05, 3.63) is 47.7 Å². The highest BCUT2D eigenvalue weighted by molar-refractivity contribution is 5.81. The number of esters is 1. The van der Waals surface area contributed by atoms with Gasteiger partial charge in [-0.2, -0.15) is 0 Å². The molecule has 0 aliphatic heterocycles. The first-order chi connectivity index (χ1) is 10.8. The van der Waals surface area contributed by atoms with Crippen LogP contribution in [0, 0.1) is 5.41 Å². The van der Waals surface area contributed by atoms with E-state index in [9.17, 15) is 9.59 Å². The Bertz CT molecular complexity index is 762. The summed E-state index contributed by atoms with van der Waals surface area (Å²) in [5.41, 5.74) is 2.01. The minimum absolute atomic E-state index is 0.327. The molecule has 0 saturated heterocycles. The van der Waals surface area contributed by atoms with Crippen LogP contribution in [-0.2, 0) is 14.3 Å². The van der Waals surface area contributed by atoms with Gasteiger partial charge in [0.1, 0.15) is 12.4 Å². The molecule has 1 heterocycles. The quantitative estimate of drug-likeness (QED) is 0.616. The smallest absolute Gasteiger partial charge is 0.303 e. The zero-order valence-corrected chi connectivity index (χ0v) is 13.9. The van der Waals surface area contributed by atoms with Crippen LogP contribution in [0.5, 0.6) is 0 Å². The molecule has 4 nitrogen and oxygen atoms in total. The Morgan fingerprint density at radius 1 is 1.26 bits per heavy atom. The van der Waals surface area contributed by atoms with Gasteiger partial charge in [-0.25, -0.2) is 4.98 Å². The third-order valence-corrected chi connectivity index (χ3v) is 3.51. The first-order valence-corrected chi connectivity index (χ1v) is 7.54. The summed E-state index contributed by atoms with van der Waals surface area (Å²) in [7, 11) is 0. The molecule has 1 aromatic heterocycles. The normalized spacial score (nSPS) is 13.2. The lowest BCUT2D eigenvalue weighted by Gasteiger charge is -2.12. The van der Waals surface area contributed by atoms with Crippen molar-refractivity contribution >= 4 is 29.2 Å². The van der Waals surface area contributed by atoms with Gasteiger partial charge in [0.15, 0.2) is 0 Å². The molecule has 23 heavy (non-hydrogen) atoms. The Kier molecular flexibility index (Phi) is 4.94. The van der Waals surface area contributed by atoms with E-state index in [1.165, 1.54) is 6.92 Å². The minimum Gasteiger partial charge on any atom is -0.456 e. The minimum atomic E-state index is -0.492. The molecule has 0 saturated carbocycles. The highest BCUT2D eigenvalue weighted by atomic mass is 16.5. The SMILES string of the molecule is CC(=O)O[C@H](C)c1ccc2ccc(/C=C/C(C)(C)C=O)cc2n1. The molecular formula is C19H21NO3. The van der Waals surface area contributed by atoms with Crippen LogP contribution in [0.2, 0.25) is 0 Å². The van der Waals surface area contributed by atoms with E-state index < -0.39 is 5.41 Å². The molecule has 0 N–H and O–H groups in total. The standard InChI is InChI=1S/C19H21NO3/c1-13(23-14(2)22)17-8-7-16-6-5-15(11-18(16)20-17)9-10-19(3,4)12-21/h5-13H,1-4H3/b10-9+/t13-/m1/s1. The number of benzene rings is 1. The number of fused-ring (bicyclic) bond motifs is 1. The number of aldehydes is 1. The van der Waals surface area contributed by atoms with Gasteiger partial charge in [-0.05, 0) is 38.5 Å². The average Bonchev–Trinajstić information content (AvgIpc) is 2.51. The van der Waals surface area contributed by atoms with Crippen LogP contribution in [0.1, 0.15) is 45.1 Å². The van der Waals surface area contributed by atoms with E-state index in [-0.39, 0.29) is 12.1 Å². The Hall–Kier alpha value is -2.49. The van der Waals surface area contributed by atoms with Gasteiger partial charge < -0.3 is 9.53 Å². The zero-order chi connectivity index (χ0) is 17.0. The monoisotopic (exact) mass is 311 g/mol. The van der Waals surface area contributed by atoms with E-state index in [4.69, 9.17) is 4.74 Å². The molecule has 1 aromatic carbocycles.